The van der Waals surface area contributed by atoms with E-state index in [1.165, 1.54) is 0 Å². The van der Waals surface area contributed by atoms with Crippen LogP contribution in [0.5, 0.6) is 0 Å². The maximum Gasteiger partial charge on any atom is 0.117 e. The molecule has 2 atom stereocenters. The number of rotatable bonds is 3. The summed E-state index contributed by atoms with van der Waals surface area (Å²) in [4.78, 5) is 4.25. The van der Waals surface area contributed by atoms with E-state index in [4.69, 9.17) is 5.41 Å². The minimum Gasteiger partial charge on any atom is -0.289 e. The molecule has 1 fully saturated rings. The van der Waals surface area contributed by atoms with Crippen molar-refractivity contribution in [2.24, 2.45) is 4.36 Å². The standard InChI is InChI=1S/C12H17N3OS/c1-10-4-5-11(8-14-10)7-12-3-2-6-17(12,16)15-9-13/h4-5,8-9,12-13H,2-3,6-7H2,1H3. The first-order valence-electron chi connectivity index (χ1n) is 5.77. The number of nitrogens with one attached hydrogen (secondary N) is 1. The highest BCUT2D eigenvalue weighted by molar-refractivity contribution is 7.94. The molecule has 17 heavy (non-hydrogen) atoms. The molecule has 5 heteroatoms. The minimum atomic E-state index is -2.20. The van der Waals surface area contributed by atoms with Gasteiger partial charge in [0.25, 0.3) is 0 Å². The molecule has 0 aliphatic carbocycles. The summed E-state index contributed by atoms with van der Waals surface area (Å²) in [6, 6.07) is 4.00. The Morgan fingerprint density at radius 3 is 3.12 bits per heavy atom. The molecule has 2 heterocycles. The summed E-state index contributed by atoms with van der Waals surface area (Å²) >= 11 is 0. The van der Waals surface area contributed by atoms with Gasteiger partial charge in [-0.05, 0) is 37.8 Å². The SMILES string of the molecule is Cc1ccc(CC2CCCS2(=O)=NC=N)cn1. The molecule has 92 valence electrons. The summed E-state index contributed by atoms with van der Waals surface area (Å²) in [7, 11) is -2.20. The van der Waals surface area contributed by atoms with Crippen LogP contribution in [0.4, 0.5) is 0 Å². The van der Waals surface area contributed by atoms with Gasteiger partial charge >= 0.3 is 0 Å². The van der Waals surface area contributed by atoms with Crippen LogP contribution < -0.4 is 0 Å². The van der Waals surface area contributed by atoms with Crippen molar-refractivity contribution in [3.8, 4) is 0 Å². The topological polar surface area (TPSA) is 66.2 Å². The zero-order valence-electron chi connectivity index (χ0n) is 9.93. The van der Waals surface area contributed by atoms with Gasteiger partial charge in [0.2, 0.25) is 0 Å². The van der Waals surface area contributed by atoms with Gasteiger partial charge in [-0.15, -0.1) is 0 Å². The van der Waals surface area contributed by atoms with Gasteiger partial charge in [-0.3, -0.25) is 10.4 Å². The molecule has 1 saturated heterocycles. The highest BCUT2D eigenvalue weighted by atomic mass is 32.2. The van der Waals surface area contributed by atoms with Crippen LogP contribution in [0.3, 0.4) is 0 Å². The summed E-state index contributed by atoms with van der Waals surface area (Å²) in [6.07, 6.45) is 5.42. The van der Waals surface area contributed by atoms with Gasteiger partial charge in [-0.25, -0.2) is 4.21 Å². The molecule has 0 aromatic carbocycles. The van der Waals surface area contributed by atoms with Crippen LogP contribution in [0.2, 0.25) is 0 Å². The van der Waals surface area contributed by atoms with Gasteiger partial charge in [-0.1, -0.05) is 6.07 Å². The lowest BCUT2D eigenvalue weighted by Crippen LogP contribution is -2.18. The van der Waals surface area contributed by atoms with Crippen LogP contribution in [0, 0.1) is 12.3 Å². The predicted octanol–water partition coefficient (Wildman–Crippen LogP) is 2.17. The Hall–Kier alpha value is -1.23. The highest BCUT2D eigenvalue weighted by Gasteiger charge is 2.29. The van der Waals surface area contributed by atoms with E-state index in [0.29, 0.717) is 5.75 Å². The summed E-state index contributed by atoms with van der Waals surface area (Å²) < 4.78 is 16.3. The van der Waals surface area contributed by atoms with E-state index < -0.39 is 9.73 Å². The molecule has 1 aliphatic heterocycles. The zero-order valence-corrected chi connectivity index (χ0v) is 10.7. The van der Waals surface area contributed by atoms with Crippen LogP contribution >= 0.6 is 0 Å². The maximum absolute atomic E-state index is 12.4. The summed E-state index contributed by atoms with van der Waals surface area (Å²) in [5.74, 6) is 0.631. The third-order valence-corrected chi connectivity index (χ3v) is 5.93. The van der Waals surface area contributed by atoms with Gasteiger partial charge in [0.1, 0.15) is 6.34 Å². The number of aromatic nitrogens is 1. The van der Waals surface area contributed by atoms with Gasteiger partial charge in [0.15, 0.2) is 0 Å². The Labute approximate surface area is 102 Å². The Bertz CT molecular complexity index is 515. The molecule has 0 amide bonds. The smallest absolute Gasteiger partial charge is 0.117 e. The van der Waals surface area contributed by atoms with Crippen molar-refractivity contribution in [2.45, 2.75) is 31.4 Å². The fraction of sp³-hybridized carbons (Fsp3) is 0.500. The van der Waals surface area contributed by atoms with Crippen molar-refractivity contribution in [1.29, 1.82) is 5.41 Å². The second-order valence-electron chi connectivity index (χ2n) is 4.40. The molecule has 0 spiro atoms. The van der Waals surface area contributed by atoms with Crippen LogP contribution in [0.1, 0.15) is 24.1 Å². The molecule has 0 radical (unpaired) electrons. The summed E-state index contributed by atoms with van der Waals surface area (Å²) in [5.41, 5.74) is 2.10. The first kappa shape index (κ1) is 12.2. The molecule has 0 saturated carbocycles. The number of aryl methyl sites for hydroxylation is 1. The van der Waals surface area contributed by atoms with E-state index in [2.05, 4.69) is 9.35 Å². The van der Waals surface area contributed by atoms with Gasteiger partial charge < -0.3 is 0 Å². The average molecular weight is 251 g/mol. The Balaban J connectivity index is 2.19. The quantitative estimate of drug-likeness (QED) is 0.661. The van der Waals surface area contributed by atoms with Crippen molar-refractivity contribution < 1.29 is 4.21 Å². The Kier molecular flexibility index (Phi) is 3.57. The molecule has 0 bridgehead atoms. The molecule has 1 N–H and O–H groups in total. The largest absolute Gasteiger partial charge is 0.289 e. The fourth-order valence-electron chi connectivity index (χ4n) is 2.21. The van der Waals surface area contributed by atoms with Crippen LogP contribution in [0.25, 0.3) is 0 Å². The molecule has 1 aromatic heterocycles. The zero-order chi connectivity index (χ0) is 12.3. The van der Waals surface area contributed by atoms with E-state index in [1.807, 2.05) is 25.3 Å². The fourth-order valence-corrected chi connectivity index (χ4v) is 4.57. The maximum atomic E-state index is 12.4. The normalized spacial score (nSPS) is 27.9. The monoisotopic (exact) mass is 251 g/mol. The van der Waals surface area contributed by atoms with E-state index in [-0.39, 0.29) is 5.25 Å². The van der Waals surface area contributed by atoms with Crippen molar-refractivity contribution >= 4 is 16.1 Å². The second kappa shape index (κ2) is 4.96. The second-order valence-corrected chi connectivity index (χ2v) is 7.07. The van der Waals surface area contributed by atoms with Crippen molar-refractivity contribution in [3.63, 3.8) is 0 Å². The van der Waals surface area contributed by atoms with Crippen LogP contribution in [-0.2, 0) is 16.1 Å². The number of hydrogen-bond acceptors (Lipinski definition) is 3. The summed E-state index contributed by atoms with van der Waals surface area (Å²) in [5, 5.41) is 7.08. The van der Waals surface area contributed by atoms with E-state index in [9.17, 15) is 4.21 Å². The lowest BCUT2D eigenvalue weighted by molar-refractivity contribution is 0.667. The molecule has 1 aliphatic rings. The Morgan fingerprint density at radius 1 is 1.65 bits per heavy atom. The molecule has 1 aromatic rings. The van der Waals surface area contributed by atoms with Crippen molar-refractivity contribution in [3.05, 3.63) is 29.6 Å². The van der Waals surface area contributed by atoms with E-state index in [0.717, 1.165) is 36.9 Å². The number of nitrogens with zero attached hydrogens (tertiary/aromatic N) is 2. The lowest BCUT2D eigenvalue weighted by Gasteiger charge is -2.12. The minimum absolute atomic E-state index is 0.0774. The third-order valence-electron chi connectivity index (χ3n) is 3.15. The number of pyridine rings is 1. The molecule has 2 unspecified atom stereocenters. The van der Waals surface area contributed by atoms with Crippen molar-refractivity contribution in [1.82, 2.24) is 4.98 Å². The van der Waals surface area contributed by atoms with E-state index >= 15 is 0 Å². The third kappa shape index (κ3) is 2.72. The predicted molar refractivity (Wildman–Crippen MR) is 69.9 cm³/mol. The molecule has 4 nitrogen and oxygen atoms in total. The first-order valence-corrected chi connectivity index (χ1v) is 7.52. The molecular formula is C12H17N3OS. The first-order chi connectivity index (χ1) is 8.14. The van der Waals surface area contributed by atoms with E-state index in [1.54, 1.807) is 0 Å². The van der Waals surface area contributed by atoms with Gasteiger partial charge in [0.05, 0.1) is 9.73 Å². The number of hydrogen-bond donors (Lipinski definition) is 1. The Morgan fingerprint density at radius 2 is 2.47 bits per heavy atom. The lowest BCUT2D eigenvalue weighted by atomic mass is 10.1. The molecule has 2 rings (SSSR count). The summed E-state index contributed by atoms with van der Waals surface area (Å²) in [6.45, 7) is 1.95. The highest BCUT2D eigenvalue weighted by Crippen LogP contribution is 2.25. The van der Waals surface area contributed by atoms with Gasteiger partial charge in [-0.2, -0.15) is 4.36 Å². The molecular weight excluding hydrogens is 234 g/mol. The van der Waals surface area contributed by atoms with Crippen molar-refractivity contribution in [2.75, 3.05) is 5.75 Å². The van der Waals surface area contributed by atoms with Gasteiger partial charge in [0, 0.05) is 22.9 Å². The van der Waals surface area contributed by atoms with Crippen LogP contribution in [0.15, 0.2) is 22.7 Å². The van der Waals surface area contributed by atoms with Crippen LogP contribution in [-0.4, -0.2) is 26.5 Å². The average Bonchev–Trinajstić information content (AvgIpc) is 2.64.